The Balaban J connectivity index is 2.09. The molecule has 3 nitrogen and oxygen atoms in total. The topological polar surface area (TPSA) is 35.5 Å². The van der Waals surface area contributed by atoms with Gasteiger partial charge in [-0.25, -0.2) is 9.19 Å². The maximum Gasteiger partial charge on any atom is 0.230 e. The highest BCUT2D eigenvalue weighted by molar-refractivity contribution is 7.70. The second kappa shape index (κ2) is 8.54. The van der Waals surface area contributed by atoms with Crippen LogP contribution in [0.25, 0.3) is 6.08 Å². The molecule has 0 N–H and O–H groups in total. The van der Waals surface area contributed by atoms with Crippen LogP contribution in [0.4, 0.5) is 0 Å². The van der Waals surface area contributed by atoms with Crippen LogP contribution >= 0.6 is 19.5 Å². The van der Waals surface area contributed by atoms with Gasteiger partial charge in [0.15, 0.2) is 5.30 Å². The van der Waals surface area contributed by atoms with Crippen LogP contribution in [0, 0.1) is 0 Å². The first kappa shape index (κ1) is 19.4. The van der Waals surface area contributed by atoms with Gasteiger partial charge in [0, 0.05) is 16.7 Å². The van der Waals surface area contributed by atoms with E-state index in [4.69, 9.17) is 16.1 Å². The lowest BCUT2D eigenvalue weighted by Gasteiger charge is -2.43. The molecule has 1 atom stereocenters. The van der Waals surface area contributed by atoms with Crippen molar-refractivity contribution in [1.29, 1.82) is 0 Å². The lowest BCUT2D eigenvalue weighted by Crippen LogP contribution is -2.42. The van der Waals surface area contributed by atoms with Crippen molar-refractivity contribution in [2.75, 3.05) is 6.61 Å². The Hall–Kier alpha value is -1.38. The lowest BCUT2D eigenvalue weighted by atomic mass is 10.1. The molecule has 26 heavy (non-hydrogen) atoms. The van der Waals surface area contributed by atoms with Gasteiger partial charge >= 0.3 is 0 Å². The maximum atomic E-state index is 14.1. The summed E-state index contributed by atoms with van der Waals surface area (Å²) in [6, 6.07) is 15.7. The molecule has 0 bridgehead atoms. The van der Waals surface area contributed by atoms with Crippen LogP contribution in [0.3, 0.4) is 0 Å². The van der Waals surface area contributed by atoms with Crippen LogP contribution in [-0.2, 0) is 11.1 Å². The summed E-state index contributed by atoms with van der Waals surface area (Å²) < 4.78 is 7.90. The third kappa shape index (κ3) is 3.97. The molecule has 0 aliphatic carbocycles. The van der Waals surface area contributed by atoms with Gasteiger partial charge in [-0.3, -0.25) is 0 Å². The van der Waals surface area contributed by atoms with E-state index in [1.807, 2.05) is 41.9 Å². The molecule has 138 valence electrons. The number of nitrogens with zero attached hydrogens (tertiary/aromatic N) is 1. The van der Waals surface area contributed by atoms with Crippen LogP contribution < -0.4 is 10.2 Å². The average molecular weight is 390 g/mol. The molecule has 1 unspecified atom stereocenters. The molecule has 2 aromatic carbocycles. The van der Waals surface area contributed by atoms with Gasteiger partial charge < -0.3 is 4.89 Å². The van der Waals surface area contributed by atoms with Crippen LogP contribution in [-0.4, -0.2) is 11.3 Å². The van der Waals surface area contributed by atoms with Crippen LogP contribution in [0.2, 0.25) is 5.02 Å². The minimum Gasteiger partial charge on any atom is -0.633 e. The van der Waals surface area contributed by atoms with Gasteiger partial charge in [-0.2, -0.15) is 0 Å². The van der Waals surface area contributed by atoms with Crippen LogP contribution in [0.15, 0.2) is 54.2 Å². The fourth-order valence-corrected chi connectivity index (χ4v) is 6.01. The first-order valence-electron chi connectivity index (χ1n) is 9.15. The van der Waals surface area contributed by atoms with Gasteiger partial charge in [0.05, 0.1) is 18.8 Å². The fraction of sp³-hybridized carbons (Fsp3) is 0.333. The van der Waals surface area contributed by atoms with Gasteiger partial charge in [0.25, 0.3) is 0 Å². The molecule has 1 aliphatic rings. The first-order valence-corrected chi connectivity index (χ1v) is 11.1. The third-order valence-corrected chi connectivity index (χ3v) is 7.41. The van der Waals surface area contributed by atoms with Crippen LogP contribution in [0.1, 0.15) is 44.2 Å². The molecule has 2 aromatic rings. The number of allylic oxidation sites excluding steroid dienone is 1. The Kier molecular flexibility index (Phi) is 6.37. The number of hydrogen-bond donors (Lipinski definition) is 0. The Bertz CT molecular complexity index is 781. The molecule has 5 heteroatoms. The zero-order valence-corrected chi connectivity index (χ0v) is 17.0. The Morgan fingerprint density at radius 3 is 2.58 bits per heavy atom. The maximum absolute atomic E-state index is 14.1. The van der Waals surface area contributed by atoms with E-state index in [-0.39, 0.29) is 0 Å². The van der Waals surface area contributed by atoms with E-state index in [2.05, 4.69) is 25.1 Å². The molecule has 0 radical (unpaired) electrons. The summed E-state index contributed by atoms with van der Waals surface area (Å²) in [6.45, 7) is 4.99. The molecule has 0 spiro atoms. The lowest BCUT2D eigenvalue weighted by molar-refractivity contribution is -0.200. The Labute approximate surface area is 161 Å². The van der Waals surface area contributed by atoms with Crippen molar-refractivity contribution >= 4 is 30.8 Å². The van der Waals surface area contributed by atoms with E-state index >= 15 is 0 Å². The van der Waals surface area contributed by atoms with Crippen molar-refractivity contribution in [3.63, 3.8) is 0 Å². The molecule has 0 saturated carbocycles. The summed E-state index contributed by atoms with van der Waals surface area (Å²) in [4.78, 5) is 14.1. The average Bonchev–Trinajstić information content (AvgIpc) is 2.64. The molecule has 0 saturated heterocycles. The molecule has 1 aliphatic heterocycles. The van der Waals surface area contributed by atoms with Gasteiger partial charge in [0.1, 0.15) is 0 Å². The molecule has 0 fully saturated rings. The fourth-order valence-electron chi connectivity index (χ4n) is 3.26. The summed E-state index contributed by atoms with van der Waals surface area (Å²) in [7, 11) is -3.22. The summed E-state index contributed by atoms with van der Waals surface area (Å²) in [5.41, 5.74) is 3.13. The highest BCUT2D eigenvalue weighted by Crippen LogP contribution is 2.60. The van der Waals surface area contributed by atoms with Crippen molar-refractivity contribution in [1.82, 2.24) is 4.67 Å². The highest BCUT2D eigenvalue weighted by Gasteiger charge is 2.45. The second-order valence-corrected chi connectivity index (χ2v) is 9.12. The third-order valence-electron chi connectivity index (χ3n) is 4.53. The number of rotatable bonds is 7. The highest BCUT2D eigenvalue weighted by atomic mass is 35.5. The summed E-state index contributed by atoms with van der Waals surface area (Å²) in [6.07, 6.45) is 5.15. The van der Waals surface area contributed by atoms with Gasteiger partial charge in [-0.15, -0.1) is 0 Å². The predicted molar refractivity (Wildman–Crippen MR) is 109 cm³/mol. The van der Waals surface area contributed by atoms with E-state index in [9.17, 15) is 4.89 Å². The molecular weight excluding hydrogens is 365 g/mol. The van der Waals surface area contributed by atoms with Crippen molar-refractivity contribution in [3.8, 4) is 0 Å². The molecule has 3 rings (SSSR count). The summed E-state index contributed by atoms with van der Waals surface area (Å²) >= 11 is 6.22. The van der Waals surface area contributed by atoms with Crippen molar-refractivity contribution in [2.45, 2.75) is 39.7 Å². The minimum atomic E-state index is -3.22. The quantitative estimate of drug-likeness (QED) is 0.613. The van der Waals surface area contributed by atoms with Crippen LogP contribution in [0.5, 0.6) is 0 Å². The van der Waals surface area contributed by atoms with E-state index in [0.29, 0.717) is 23.5 Å². The number of benzene rings is 2. The van der Waals surface area contributed by atoms with E-state index in [1.165, 1.54) is 0 Å². The largest absolute Gasteiger partial charge is 0.633 e. The predicted octanol–water partition coefficient (Wildman–Crippen LogP) is 5.17. The zero-order chi connectivity index (χ0) is 18.6. The normalized spacial score (nSPS) is 19.2. The number of hydrogen-bond acceptors (Lipinski definition) is 3. The van der Waals surface area contributed by atoms with E-state index in [0.717, 1.165) is 36.1 Å². The molecule has 1 heterocycles. The molecule has 0 aromatic heterocycles. The van der Waals surface area contributed by atoms with E-state index < -0.39 is 7.87 Å². The number of halogens is 1. The molecule has 0 amide bonds. The van der Waals surface area contributed by atoms with Crippen molar-refractivity contribution < 1.29 is 9.42 Å². The van der Waals surface area contributed by atoms with Gasteiger partial charge in [-0.05, 0) is 43.5 Å². The Morgan fingerprint density at radius 2 is 1.88 bits per heavy atom. The number of fused-ring (bicyclic) bond motifs is 1. The molecular formula is C21H25ClNO2P. The first-order chi connectivity index (χ1) is 12.6. The van der Waals surface area contributed by atoms with E-state index in [1.54, 1.807) is 6.07 Å². The monoisotopic (exact) mass is 389 g/mol. The van der Waals surface area contributed by atoms with Gasteiger partial charge in [-0.1, -0.05) is 55.3 Å². The second-order valence-electron chi connectivity index (χ2n) is 6.42. The standard InChI is InChI=1S/C21H25ClNO2P/c1-3-5-11-20-14-18-12-13-19(22)15-21(18)26(24,25-4-2)23(20)16-17-9-7-6-8-10-17/h6-10,12-15H,3-5,11,16H2,1-2H3. The van der Waals surface area contributed by atoms with Crippen molar-refractivity contribution in [2.24, 2.45) is 0 Å². The summed E-state index contributed by atoms with van der Waals surface area (Å²) in [5, 5.41) is 1.27. The van der Waals surface area contributed by atoms with Gasteiger partial charge in [0.2, 0.25) is 7.87 Å². The SMILES string of the molecule is CCCCC1=Cc2ccc(Cl)cc2[P+]([O-])(OCC)N1Cc1ccccc1. The van der Waals surface area contributed by atoms with Crippen molar-refractivity contribution in [3.05, 3.63) is 70.4 Å². The summed E-state index contributed by atoms with van der Waals surface area (Å²) in [5.74, 6) is 0. The zero-order valence-electron chi connectivity index (χ0n) is 15.3. The Morgan fingerprint density at radius 1 is 1.12 bits per heavy atom. The smallest absolute Gasteiger partial charge is 0.230 e. The minimum absolute atomic E-state index is 0.385. The number of unbranched alkanes of at least 4 members (excludes halogenated alkanes) is 1.